The molecule has 116 valence electrons. The van der Waals surface area contributed by atoms with Crippen molar-refractivity contribution in [3.05, 3.63) is 17.0 Å². The molecule has 0 radical (unpaired) electrons. The lowest BCUT2D eigenvalue weighted by molar-refractivity contribution is -0.0506. The molecule has 0 spiro atoms. The van der Waals surface area contributed by atoms with Crippen LogP contribution in [0.25, 0.3) is 0 Å². The van der Waals surface area contributed by atoms with E-state index in [2.05, 4.69) is 15.0 Å². The van der Waals surface area contributed by atoms with E-state index >= 15 is 0 Å². The first-order valence-corrected chi connectivity index (χ1v) is 8.20. The summed E-state index contributed by atoms with van der Waals surface area (Å²) in [5.74, 6) is 1.92. The summed E-state index contributed by atoms with van der Waals surface area (Å²) < 4.78 is 11.3. The molecule has 3 heterocycles. The number of aromatic nitrogens is 1. The van der Waals surface area contributed by atoms with Crippen LogP contribution in [0.5, 0.6) is 0 Å². The van der Waals surface area contributed by atoms with Gasteiger partial charge < -0.3 is 9.26 Å². The van der Waals surface area contributed by atoms with Crippen LogP contribution in [0.15, 0.2) is 4.52 Å². The quantitative estimate of drug-likeness (QED) is 0.842. The Kier molecular flexibility index (Phi) is 3.52. The van der Waals surface area contributed by atoms with Crippen molar-refractivity contribution in [2.24, 2.45) is 5.92 Å². The van der Waals surface area contributed by atoms with Crippen LogP contribution in [-0.4, -0.2) is 59.9 Å². The minimum atomic E-state index is 0.387. The van der Waals surface area contributed by atoms with Gasteiger partial charge in [0.15, 0.2) is 0 Å². The highest BCUT2D eigenvalue weighted by atomic mass is 16.5. The molecular formula is C16H25N3O2. The van der Waals surface area contributed by atoms with Crippen LogP contribution in [0.1, 0.15) is 29.9 Å². The molecule has 2 saturated heterocycles. The fraction of sp³-hybridized carbons (Fsp3) is 0.812. The Hall–Kier alpha value is -0.910. The molecule has 0 unspecified atom stereocenters. The molecule has 3 fully saturated rings. The van der Waals surface area contributed by atoms with Gasteiger partial charge >= 0.3 is 0 Å². The zero-order valence-electron chi connectivity index (χ0n) is 13.0. The van der Waals surface area contributed by atoms with E-state index < -0.39 is 0 Å². The summed E-state index contributed by atoms with van der Waals surface area (Å²) in [6.45, 7) is 10.4. The monoisotopic (exact) mass is 291 g/mol. The molecular weight excluding hydrogens is 266 g/mol. The van der Waals surface area contributed by atoms with Gasteiger partial charge in [-0.2, -0.15) is 0 Å². The van der Waals surface area contributed by atoms with Gasteiger partial charge in [0, 0.05) is 38.3 Å². The Labute approximate surface area is 126 Å². The first kappa shape index (κ1) is 13.7. The van der Waals surface area contributed by atoms with Gasteiger partial charge in [0.1, 0.15) is 5.76 Å². The predicted molar refractivity (Wildman–Crippen MR) is 79.1 cm³/mol. The van der Waals surface area contributed by atoms with E-state index in [9.17, 15) is 0 Å². The first-order chi connectivity index (χ1) is 10.2. The molecule has 21 heavy (non-hydrogen) atoms. The number of fused-ring (bicyclic) bond motifs is 1. The molecule has 2 atom stereocenters. The minimum absolute atomic E-state index is 0.387. The Bertz CT molecular complexity index is 492. The summed E-state index contributed by atoms with van der Waals surface area (Å²) in [6, 6.07) is 0.534. The average molecular weight is 291 g/mol. The van der Waals surface area contributed by atoms with E-state index in [1.54, 1.807) is 0 Å². The number of rotatable bonds is 4. The largest absolute Gasteiger partial charge is 0.374 e. The van der Waals surface area contributed by atoms with Crippen LogP contribution in [0, 0.1) is 19.8 Å². The molecule has 1 saturated carbocycles. The number of nitrogens with zero attached hydrogens (tertiary/aromatic N) is 3. The molecule has 5 nitrogen and oxygen atoms in total. The molecule has 1 aliphatic carbocycles. The van der Waals surface area contributed by atoms with E-state index in [4.69, 9.17) is 9.26 Å². The standard InChI is InChI=1S/C16H25N3O2/c1-11-14(12(2)21-17-11)8-19-5-6-20-16-10-18(9-15(16)19)7-13-3-4-13/h13,15-16H,3-10H2,1-2H3/t15-,16+/m0/s1. The van der Waals surface area contributed by atoms with Crippen molar-refractivity contribution in [1.29, 1.82) is 0 Å². The van der Waals surface area contributed by atoms with Gasteiger partial charge in [0.2, 0.25) is 0 Å². The number of hydrogen-bond acceptors (Lipinski definition) is 5. The van der Waals surface area contributed by atoms with Crippen molar-refractivity contribution in [1.82, 2.24) is 15.0 Å². The van der Waals surface area contributed by atoms with E-state index in [-0.39, 0.29) is 0 Å². The number of ether oxygens (including phenoxy) is 1. The lowest BCUT2D eigenvalue weighted by Gasteiger charge is -2.36. The zero-order valence-corrected chi connectivity index (χ0v) is 13.0. The van der Waals surface area contributed by atoms with Crippen LogP contribution >= 0.6 is 0 Å². The molecule has 1 aromatic rings. The molecule has 0 aromatic carbocycles. The average Bonchev–Trinajstić information content (AvgIpc) is 3.09. The smallest absolute Gasteiger partial charge is 0.138 e. The molecule has 5 heteroatoms. The first-order valence-electron chi connectivity index (χ1n) is 8.20. The van der Waals surface area contributed by atoms with E-state index in [1.165, 1.54) is 24.9 Å². The maximum atomic E-state index is 6.02. The molecule has 4 rings (SSSR count). The van der Waals surface area contributed by atoms with Crippen molar-refractivity contribution in [2.45, 2.75) is 45.4 Å². The van der Waals surface area contributed by atoms with Crippen molar-refractivity contribution < 1.29 is 9.26 Å². The second-order valence-electron chi connectivity index (χ2n) is 6.91. The fourth-order valence-electron chi connectivity index (χ4n) is 3.78. The maximum Gasteiger partial charge on any atom is 0.138 e. The summed E-state index contributed by atoms with van der Waals surface area (Å²) in [5.41, 5.74) is 2.29. The summed E-state index contributed by atoms with van der Waals surface area (Å²) >= 11 is 0. The van der Waals surface area contributed by atoms with Crippen LogP contribution in [-0.2, 0) is 11.3 Å². The lowest BCUT2D eigenvalue weighted by atomic mass is 10.1. The molecule has 0 bridgehead atoms. The molecule has 0 amide bonds. The second-order valence-corrected chi connectivity index (χ2v) is 6.91. The molecule has 0 N–H and O–H groups in total. The van der Waals surface area contributed by atoms with Crippen molar-refractivity contribution in [2.75, 3.05) is 32.8 Å². The third-order valence-electron chi connectivity index (χ3n) is 5.25. The maximum absolute atomic E-state index is 6.02. The Morgan fingerprint density at radius 3 is 2.81 bits per heavy atom. The van der Waals surface area contributed by atoms with E-state index in [1.807, 2.05) is 13.8 Å². The number of aryl methyl sites for hydroxylation is 2. The van der Waals surface area contributed by atoms with Crippen molar-refractivity contribution in [3.63, 3.8) is 0 Å². The highest BCUT2D eigenvalue weighted by molar-refractivity contribution is 5.21. The second kappa shape index (κ2) is 5.38. The molecule has 2 aliphatic heterocycles. The normalized spacial score (nSPS) is 30.8. The van der Waals surface area contributed by atoms with Crippen LogP contribution in [0.2, 0.25) is 0 Å². The van der Waals surface area contributed by atoms with Crippen molar-refractivity contribution >= 4 is 0 Å². The van der Waals surface area contributed by atoms with Gasteiger partial charge in [-0.3, -0.25) is 9.80 Å². The number of likely N-dealkylation sites (tertiary alicyclic amines) is 1. The van der Waals surface area contributed by atoms with Gasteiger partial charge in [-0.1, -0.05) is 5.16 Å². The zero-order chi connectivity index (χ0) is 14.4. The summed E-state index contributed by atoms with van der Waals surface area (Å²) in [7, 11) is 0. The third kappa shape index (κ3) is 2.74. The highest BCUT2D eigenvalue weighted by Crippen LogP contribution is 2.33. The third-order valence-corrected chi connectivity index (χ3v) is 5.25. The van der Waals surface area contributed by atoms with Gasteiger partial charge in [-0.05, 0) is 32.6 Å². The van der Waals surface area contributed by atoms with Gasteiger partial charge in [-0.25, -0.2) is 0 Å². The topological polar surface area (TPSA) is 41.7 Å². The summed E-state index contributed by atoms with van der Waals surface area (Å²) in [4.78, 5) is 5.19. The van der Waals surface area contributed by atoms with Gasteiger partial charge in [0.25, 0.3) is 0 Å². The number of morpholine rings is 1. The van der Waals surface area contributed by atoms with Crippen LogP contribution in [0.4, 0.5) is 0 Å². The Morgan fingerprint density at radius 1 is 1.24 bits per heavy atom. The van der Waals surface area contributed by atoms with E-state index in [0.29, 0.717) is 12.1 Å². The fourth-order valence-corrected chi connectivity index (χ4v) is 3.78. The Balaban J connectivity index is 1.45. The minimum Gasteiger partial charge on any atom is -0.374 e. The van der Waals surface area contributed by atoms with E-state index in [0.717, 1.165) is 50.2 Å². The lowest BCUT2D eigenvalue weighted by Crippen LogP contribution is -2.50. The van der Waals surface area contributed by atoms with Gasteiger partial charge in [0.05, 0.1) is 24.4 Å². The Morgan fingerprint density at radius 2 is 2.10 bits per heavy atom. The highest BCUT2D eigenvalue weighted by Gasteiger charge is 2.41. The predicted octanol–water partition coefficient (Wildman–Crippen LogP) is 1.59. The molecule has 3 aliphatic rings. The SMILES string of the molecule is Cc1noc(C)c1CN1CCO[C@@H]2CN(CC3CC3)C[C@@H]21. The number of hydrogen-bond donors (Lipinski definition) is 0. The van der Waals surface area contributed by atoms with Crippen molar-refractivity contribution in [3.8, 4) is 0 Å². The van der Waals surface area contributed by atoms with Crippen LogP contribution in [0.3, 0.4) is 0 Å². The summed E-state index contributed by atoms with van der Waals surface area (Å²) in [6.07, 6.45) is 3.24. The summed E-state index contributed by atoms with van der Waals surface area (Å²) in [5, 5.41) is 4.09. The molecule has 1 aromatic heterocycles. The van der Waals surface area contributed by atoms with Crippen LogP contribution < -0.4 is 0 Å². The van der Waals surface area contributed by atoms with Gasteiger partial charge in [-0.15, -0.1) is 0 Å².